The molecule has 0 saturated heterocycles. The number of hydrogen-bond donors (Lipinski definition) is 6. The van der Waals surface area contributed by atoms with Gasteiger partial charge in [-0.25, -0.2) is 9.97 Å². The average Bonchev–Trinajstić information content (AvgIpc) is 3.07. The SMILES string of the molecule is Nc1nc2nc[nH]c2c(=S)[nH]1.Nc1nc2nc[nH]c2c(=S)[nH]1. The lowest BCUT2D eigenvalue weighted by Gasteiger charge is -1.91. The van der Waals surface area contributed by atoms with E-state index in [4.69, 9.17) is 35.9 Å². The zero-order valence-electron chi connectivity index (χ0n) is 10.9. The number of nitrogen functional groups attached to an aromatic ring is 2. The van der Waals surface area contributed by atoms with Crippen LogP contribution in [0.3, 0.4) is 0 Å². The molecule has 0 spiro atoms. The van der Waals surface area contributed by atoms with E-state index in [1.165, 1.54) is 12.7 Å². The van der Waals surface area contributed by atoms with Gasteiger partial charge in [-0.1, -0.05) is 24.4 Å². The Morgan fingerprint density at radius 1 is 0.773 bits per heavy atom. The van der Waals surface area contributed by atoms with Crippen LogP contribution in [-0.4, -0.2) is 39.9 Å². The first-order valence-electron chi connectivity index (χ1n) is 5.92. The fraction of sp³-hybridized carbons (Fsp3) is 0. The third-order valence-electron chi connectivity index (χ3n) is 2.63. The molecule has 4 heterocycles. The van der Waals surface area contributed by atoms with Crippen LogP contribution >= 0.6 is 24.4 Å². The summed E-state index contributed by atoms with van der Waals surface area (Å²) in [6, 6.07) is 0. The summed E-state index contributed by atoms with van der Waals surface area (Å²) in [6.07, 6.45) is 3.06. The third-order valence-corrected chi connectivity index (χ3v) is 3.24. The fourth-order valence-electron chi connectivity index (χ4n) is 1.72. The number of fused-ring (bicyclic) bond motifs is 2. The molecule has 0 unspecified atom stereocenters. The van der Waals surface area contributed by atoms with Gasteiger partial charge >= 0.3 is 0 Å². The van der Waals surface area contributed by atoms with Gasteiger partial charge in [-0.15, -0.1) is 0 Å². The molecule has 0 aliphatic heterocycles. The second-order valence-electron chi connectivity index (χ2n) is 4.10. The minimum absolute atomic E-state index is 0.287. The van der Waals surface area contributed by atoms with Crippen molar-refractivity contribution in [2.24, 2.45) is 0 Å². The molecule has 10 nitrogen and oxygen atoms in total. The van der Waals surface area contributed by atoms with Crippen molar-refractivity contribution in [1.29, 1.82) is 0 Å². The standard InChI is InChI=1S/2C5H5N5S/c2*6-5-9-3-2(4(11)10-5)7-1-8-3/h2*1H,(H4,6,7,8,9,10,11). The highest BCUT2D eigenvalue weighted by atomic mass is 32.1. The van der Waals surface area contributed by atoms with Gasteiger partial charge in [-0.3, -0.25) is 0 Å². The molecule has 0 saturated carbocycles. The Bertz CT molecular complexity index is 969. The summed E-state index contributed by atoms with van der Waals surface area (Å²) in [4.78, 5) is 26.8. The Balaban J connectivity index is 0.000000131. The second-order valence-corrected chi connectivity index (χ2v) is 4.92. The monoisotopic (exact) mass is 334 g/mol. The number of aromatic nitrogens is 8. The predicted molar refractivity (Wildman–Crippen MR) is 87.0 cm³/mol. The zero-order chi connectivity index (χ0) is 15.7. The second kappa shape index (κ2) is 5.50. The van der Waals surface area contributed by atoms with Crippen molar-refractivity contribution < 1.29 is 0 Å². The molecule has 22 heavy (non-hydrogen) atoms. The molecule has 4 aromatic heterocycles. The molecule has 12 heteroatoms. The van der Waals surface area contributed by atoms with Crippen LogP contribution in [0.5, 0.6) is 0 Å². The van der Waals surface area contributed by atoms with Crippen molar-refractivity contribution in [2.75, 3.05) is 11.5 Å². The molecule has 0 amide bonds. The number of rotatable bonds is 0. The summed E-state index contributed by atoms with van der Waals surface area (Å²) in [5, 5.41) is 0. The molecule has 0 bridgehead atoms. The van der Waals surface area contributed by atoms with Crippen LogP contribution in [-0.2, 0) is 0 Å². The molecule has 0 radical (unpaired) electrons. The van der Waals surface area contributed by atoms with Gasteiger partial charge in [0.05, 0.1) is 12.7 Å². The fourth-order valence-corrected chi connectivity index (χ4v) is 2.23. The number of nitrogens with one attached hydrogen (secondary N) is 4. The number of nitrogens with two attached hydrogens (primary N) is 2. The van der Waals surface area contributed by atoms with Crippen LogP contribution in [0, 0.1) is 9.28 Å². The first-order chi connectivity index (χ1) is 10.5. The van der Waals surface area contributed by atoms with E-state index in [0.29, 0.717) is 31.6 Å². The molecule has 0 aromatic carbocycles. The highest BCUT2D eigenvalue weighted by Crippen LogP contribution is 2.07. The van der Waals surface area contributed by atoms with Crippen molar-refractivity contribution in [3.05, 3.63) is 21.9 Å². The van der Waals surface area contributed by atoms with Crippen molar-refractivity contribution in [3.63, 3.8) is 0 Å². The number of hydrogen-bond acceptors (Lipinski definition) is 8. The molecule has 0 fully saturated rings. The average molecular weight is 334 g/mol. The highest BCUT2D eigenvalue weighted by molar-refractivity contribution is 7.71. The van der Waals surface area contributed by atoms with E-state index in [-0.39, 0.29) is 11.9 Å². The summed E-state index contributed by atoms with van der Waals surface area (Å²) >= 11 is 9.90. The van der Waals surface area contributed by atoms with Crippen LogP contribution in [0.2, 0.25) is 0 Å². The number of anilines is 2. The Morgan fingerprint density at radius 3 is 1.59 bits per heavy atom. The summed E-state index contributed by atoms with van der Waals surface area (Å²) < 4.78 is 1.06. The van der Waals surface area contributed by atoms with Crippen LogP contribution in [0.15, 0.2) is 12.7 Å². The van der Waals surface area contributed by atoms with Gasteiger partial charge in [0.15, 0.2) is 11.3 Å². The Kier molecular flexibility index (Phi) is 3.52. The topological polar surface area (TPSA) is 167 Å². The first-order valence-corrected chi connectivity index (χ1v) is 6.74. The normalized spacial score (nSPS) is 10.5. The number of aromatic amines is 4. The zero-order valence-corrected chi connectivity index (χ0v) is 12.5. The summed E-state index contributed by atoms with van der Waals surface area (Å²) in [7, 11) is 0. The molecular formula is C10H10N10S2. The Morgan fingerprint density at radius 2 is 1.18 bits per heavy atom. The largest absolute Gasteiger partial charge is 0.369 e. The Labute approximate surface area is 132 Å². The molecule has 4 aromatic rings. The third kappa shape index (κ3) is 2.64. The van der Waals surface area contributed by atoms with Gasteiger partial charge in [-0.2, -0.15) is 9.97 Å². The van der Waals surface area contributed by atoms with E-state index >= 15 is 0 Å². The maximum Gasteiger partial charge on any atom is 0.200 e. The quantitative estimate of drug-likeness (QED) is 0.261. The highest BCUT2D eigenvalue weighted by Gasteiger charge is 1.99. The van der Waals surface area contributed by atoms with Gasteiger partial charge in [0.1, 0.15) is 20.3 Å². The molecule has 8 N–H and O–H groups in total. The minimum Gasteiger partial charge on any atom is -0.369 e. The van der Waals surface area contributed by atoms with Crippen LogP contribution < -0.4 is 11.5 Å². The number of H-pyrrole nitrogens is 4. The summed E-state index contributed by atoms with van der Waals surface area (Å²) in [6.45, 7) is 0. The van der Waals surface area contributed by atoms with Crippen molar-refractivity contribution in [1.82, 2.24) is 39.9 Å². The molecule has 0 aliphatic carbocycles. The van der Waals surface area contributed by atoms with E-state index in [1.807, 2.05) is 0 Å². The van der Waals surface area contributed by atoms with E-state index < -0.39 is 0 Å². The maximum atomic E-state index is 5.40. The number of nitrogens with zero attached hydrogens (tertiary/aromatic N) is 4. The van der Waals surface area contributed by atoms with Gasteiger partial charge in [0.2, 0.25) is 11.9 Å². The van der Waals surface area contributed by atoms with E-state index in [0.717, 1.165) is 0 Å². The Hall–Kier alpha value is -2.86. The van der Waals surface area contributed by atoms with Crippen molar-refractivity contribution in [3.8, 4) is 0 Å². The van der Waals surface area contributed by atoms with Crippen molar-refractivity contribution >= 4 is 58.7 Å². The predicted octanol–water partition coefficient (Wildman–Crippen LogP) is 1.20. The smallest absolute Gasteiger partial charge is 0.200 e. The minimum atomic E-state index is 0.287. The van der Waals surface area contributed by atoms with E-state index in [1.54, 1.807) is 0 Å². The van der Waals surface area contributed by atoms with Gasteiger partial charge < -0.3 is 31.4 Å². The maximum absolute atomic E-state index is 5.40. The van der Waals surface area contributed by atoms with Crippen LogP contribution in [0.4, 0.5) is 11.9 Å². The summed E-state index contributed by atoms with van der Waals surface area (Å²) in [5.74, 6) is 0.573. The molecular weight excluding hydrogens is 324 g/mol. The van der Waals surface area contributed by atoms with E-state index in [2.05, 4.69) is 39.9 Å². The molecule has 0 atom stereocenters. The number of imidazole rings is 2. The van der Waals surface area contributed by atoms with Crippen LogP contribution in [0.1, 0.15) is 0 Å². The molecule has 4 rings (SSSR count). The lowest BCUT2D eigenvalue weighted by molar-refractivity contribution is 1.20. The first kappa shape index (κ1) is 14.1. The lowest BCUT2D eigenvalue weighted by atomic mass is 10.6. The van der Waals surface area contributed by atoms with Gasteiger partial charge in [-0.05, 0) is 0 Å². The van der Waals surface area contributed by atoms with Crippen molar-refractivity contribution in [2.45, 2.75) is 0 Å². The van der Waals surface area contributed by atoms with Gasteiger partial charge in [0.25, 0.3) is 0 Å². The molecule has 0 aliphatic rings. The van der Waals surface area contributed by atoms with Gasteiger partial charge in [0, 0.05) is 0 Å². The van der Waals surface area contributed by atoms with E-state index in [9.17, 15) is 0 Å². The molecule has 112 valence electrons. The van der Waals surface area contributed by atoms with Crippen LogP contribution in [0.25, 0.3) is 22.3 Å². The lowest BCUT2D eigenvalue weighted by Crippen LogP contribution is -1.94. The summed E-state index contributed by atoms with van der Waals surface area (Å²) in [5.41, 5.74) is 13.3.